The number of Topliss-reactive ketones (excluding diaryl/α,β-unsaturated/α-hetero) is 1. The summed E-state index contributed by atoms with van der Waals surface area (Å²) in [5.41, 5.74) is 0.828. The number of ether oxygens (including phenoxy) is 1. The predicted molar refractivity (Wildman–Crippen MR) is 94.0 cm³/mol. The van der Waals surface area contributed by atoms with Gasteiger partial charge in [0.25, 0.3) is 0 Å². The fourth-order valence-corrected chi connectivity index (χ4v) is 3.54. The Bertz CT molecular complexity index is 525. The van der Waals surface area contributed by atoms with E-state index in [4.69, 9.17) is 9.26 Å². The van der Waals surface area contributed by atoms with Crippen LogP contribution in [0.5, 0.6) is 0 Å². The van der Waals surface area contributed by atoms with E-state index < -0.39 is 4.75 Å². The molecule has 1 aliphatic rings. The van der Waals surface area contributed by atoms with Crippen LogP contribution in [0.2, 0.25) is 0 Å². The third-order valence-corrected chi connectivity index (χ3v) is 5.73. The van der Waals surface area contributed by atoms with Crippen LogP contribution in [0.1, 0.15) is 65.3 Å². The maximum atomic E-state index is 12.6. The van der Waals surface area contributed by atoms with Crippen LogP contribution in [-0.2, 0) is 21.4 Å². The van der Waals surface area contributed by atoms with Crippen molar-refractivity contribution in [1.82, 2.24) is 5.16 Å². The van der Waals surface area contributed by atoms with Crippen LogP contribution in [0, 0.1) is 0 Å². The second-order valence-corrected chi connectivity index (χ2v) is 9.48. The van der Waals surface area contributed by atoms with E-state index in [0.717, 1.165) is 30.9 Å². The molecule has 0 radical (unpaired) electrons. The topological polar surface area (TPSA) is 52.3 Å². The molecule has 23 heavy (non-hydrogen) atoms. The molecule has 0 saturated carbocycles. The molecule has 2 rings (SSSR count). The number of carbonyl (C=O) groups excluding carboxylic acids is 1. The van der Waals surface area contributed by atoms with Gasteiger partial charge >= 0.3 is 0 Å². The molecule has 1 aromatic heterocycles. The highest BCUT2D eigenvalue weighted by atomic mass is 32.2. The lowest BCUT2D eigenvalue weighted by Crippen LogP contribution is -2.32. The van der Waals surface area contributed by atoms with Crippen molar-refractivity contribution < 1.29 is 14.1 Å². The molecule has 1 unspecified atom stereocenters. The lowest BCUT2D eigenvalue weighted by atomic mass is 9.92. The molecule has 1 aliphatic heterocycles. The quantitative estimate of drug-likeness (QED) is 0.779. The molecule has 0 aromatic carbocycles. The predicted octanol–water partition coefficient (Wildman–Crippen LogP) is 4.16. The van der Waals surface area contributed by atoms with Gasteiger partial charge in [0.1, 0.15) is 5.76 Å². The van der Waals surface area contributed by atoms with Gasteiger partial charge in [-0.15, -0.1) is 11.8 Å². The van der Waals surface area contributed by atoms with Crippen LogP contribution < -0.4 is 0 Å². The van der Waals surface area contributed by atoms with Crippen molar-refractivity contribution in [2.45, 2.75) is 76.6 Å². The molecule has 0 aliphatic carbocycles. The Hall–Kier alpha value is -0.810. The highest BCUT2D eigenvalue weighted by molar-refractivity contribution is 8.01. The molecule has 1 aromatic rings. The molecular formula is C18H29NO3S. The van der Waals surface area contributed by atoms with Crippen molar-refractivity contribution in [3.63, 3.8) is 0 Å². The van der Waals surface area contributed by atoms with E-state index in [0.29, 0.717) is 18.3 Å². The summed E-state index contributed by atoms with van der Waals surface area (Å²) >= 11 is 1.69. The van der Waals surface area contributed by atoms with Gasteiger partial charge in [0.05, 0.1) is 23.0 Å². The molecule has 0 spiro atoms. The zero-order valence-electron chi connectivity index (χ0n) is 15.0. The Morgan fingerprint density at radius 1 is 1.30 bits per heavy atom. The van der Waals surface area contributed by atoms with E-state index in [2.05, 4.69) is 25.9 Å². The molecule has 130 valence electrons. The summed E-state index contributed by atoms with van der Waals surface area (Å²) in [5.74, 6) is 1.71. The van der Waals surface area contributed by atoms with Crippen LogP contribution in [-0.4, -0.2) is 34.2 Å². The van der Waals surface area contributed by atoms with E-state index in [1.807, 2.05) is 19.9 Å². The minimum atomic E-state index is -0.435. The largest absolute Gasteiger partial charge is 0.377 e. The Balaban J connectivity index is 1.88. The third kappa shape index (κ3) is 5.35. The fraction of sp³-hybridized carbons (Fsp3) is 0.778. The Morgan fingerprint density at radius 3 is 2.61 bits per heavy atom. The van der Waals surface area contributed by atoms with E-state index in [-0.39, 0.29) is 11.2 Å². The summed E-state index contributed by atoms with van der Waals surface area (Å²) in [6, 6.07) is 1.91. The third-order valence-electron chi connectivity index (χ3n) is 4.24. The maximum absolute atomic E-state index is 12.6. The van der Waals surface area contributed by atoms with Crippen LogP contribution in [0.15, 0.2) is 10.6 Å². The number of carbonyl (C=O) groups is 1. The molecule has 0 bridgehead atoms. The van der Waals surface area contributed by atoms with Crippen LogP contribution in [0.25, 0.3) is 0 Å². The average Bonchev–Trinajstić information content (AvgIpc) is 2.95. The van der Waals surface area contributed by atoms with Crippen LogP contribution >= 0.6 is 11.8 Å². The summed E-state index contributed by atoms with van der Waals surface area (Å²) < 4.78 is 10.7. The number of ketones is 1. The number of rotatable bonds is 6. The average molecular weight is 340 g/mol. The molecule has 4 nitrogen and oxygen atoms in total. The van der Waals surface area contributed by atoms with Crippen molar-refractivity contribution in [1.29, 1.82) is 0 Å². The number of hydrogen-bond acceptors (Lipinski definition) is 5. The molecule has 0 N–H and O–H groups in total. The van der Waals surface area contributed by atoms with Gasteiger partial charge in [-0.25, -0.2) is 0 Å². The Kier molecular flexibility index (Phi) is 5.95. The lowest BCUT2D eigenvalue weighted by molar-refractivity contribution is -0.120. The van der Waals surface area contributed by atoms with E-state index in [1.54, 1.807) is 11.8 Å². The summed E-state index contributed by atoms with van der Waals surface area (Å²) in [6.45, 7) is 11.1. The molecule has 5 heteroatoms. The Morgan fingerprint density at radius 2 is 2.04 bits per heavy atom. The number of nitrogens with zero attached hydrogens (tertiary/aromatic N) is 1. The second kappa shape index (κ2) is 7.39. The zero-order chi connectivity index (χ0) is 17.1. The smallest absolute Gasteiger partial charge is 0.155 e. The molecule has 1 atom stereocenters. The Labute approximate surface area is 143 Å². The highest BCUT2D eigenvalue weighted by Gasteiger charge is 2.31. The first-order valence-electron chi connectivity index (χ1n) is 8.43. The van der Waals surface area contributed by atoms with Crippen molar-refractivity contribution >= 4 is 17.5 Å². The highest BCUT2D eigenvalue weighted by Crippen LogP contribution is 2.30. The van der Waals surface area contributed by atoms with Gasteiger partial charge in [-0.2, -0.15) is 0 Å². The van der Waals surface area contributed by atoms with Gasteiger partial charge in [-0.1, -0.05) is 25.9 Å². The zero-order valence-corrected chi connectivity index (χ0v) is 15.8. The number of hydrogen-bond donors (Lipinski definition) is 0. The number of thioether (sulfide) groups is 1. The SMILES string of the molecule is CC(C)(SCC1CCCCO1)C(=O)Cc1cc(C(C)(C)C)no1. The minimum absolute atomic E-state index is 0.0621. The van der Waals surface area contributed by atoms with Crippen LogP contribution in [0.3, 0.4) is 0 Å². The van der Waals surface area contributed by atoms with E-state index in [1.165, 1.54) is 6.42 Å². The van der Waals surface area contributed by atoms with Crippen molar-refractivity contribution in [2.24, 2.45) is 0 Å². The molecule has 0 amide bonds. The van der Waals surface area contributed by atoms with Gasteiger partial charge in [0, 0.05) is 23.8 Å². The molecule has 1 fully saturated rings. The lowest BCUT2D eigenvalue weighted by Gasteiger charge is -2.27. The summed E-state index contributed by atoms with van der Waals surface area (Å²) in [7, 11) is 0. The molecule has 1 saturated heterocycles. The van der Waals surface area contributed by atoms with Crippen molar-refractivity contribution in [2.75, 3.05) is 12.4 Å². The monoisotopic (exact) mass is 339 g/mol. The molecular weight excluding hydrogens is 310 g/mol. The maximum Gasteiger partial charge on any atom is 0.155 e. The first kappa shape index (κ1) is 18.5. The van der Waals surface area contributed by atoms with E-state index in [9.17, 15) is 4.79 Å². The van der Waals surface area contributed by atoms with Gasteiger partial charge in [0.15, 0.2) is 5.78 Å². The van der Waals surface area contributed by atoms with Gasteiger partial charge < -0.3 is 9.26 Å². The van der Waals surface area contributed by atoms with Crippen molar-refractivity contribution in [3.8, 4) is 0 Å². The normalized spacial score (nSPS) is 19.8. The second-order valence-electron chi connectivity index (χ2n) is 7.84. The van der Waals surface area contributed by atoms with Gasteiger partial charge in [-0.05, 0) is 33.1 Å². The van der Waals surface area contributed by atoms with Crippen LogP contribution in [0.4, 0.5) is 0 Å². The first-order chi connectivity index (χ1) is 10.7. The molecule has 2 heterocycles. The fourth-order valence-electron chi connectivity index (χ4n) is 2.44. The van der Waals surface area contributed by atoms with Crippen molar-refractivity contribution in [3.05, 3.63) is 17.5 Å². The summed E-state index contributed by atoms with van der Waals surface area (Å²) in [5, 5.41) is 4.09. The summed E-state index contributed by atoms with van der Waals surface area (Å²) in [4.78, 5) is 12.6. The number of aromatic nitrogens is 1. The van der Waals surface area contributed by atoms with Gasteiger partial charge in [-0.3, -0.25) is 4.79 Å². The minimum Gasteiger partial charge on any atom is -0.377 e. The standard InChI is InChI=1S/C18H29NO3S/c1-17(2,3)15-10-14(22-19-15)11-16(20)18(4,5)23-12-13-8-6-7-9-21-13/h10,13H,6-9,11-12H2,1-5H3. The first-order valence-corrected chi connectivity index (χ1v) is 9.42. The van der Waals surface area contributed by atoms with E-state index >= 15 is 0 Å². The van der Waals surface area contributed by atoms with Gasteiger partial charge in [0.2, 0.25) is 0 Å². The summed E-state index contributed by atoms with van der Waals surface area (Å²) in [6.07, 6.45) is 4.08.